The van der Waals surface area contributed by atoms with Crippen molar-refractivity contribution in [3.05, 3.63) is 16.5 Å². The van der Waals surface area contributed by atoms with E-state index < -0.39 is 16.1 Å². The van der Waals surface area contributed by atoms with Gasteiger partial charge in [0.05, 0.1) is 4.34 Å². The van der Waals surface area contributed by atoms with Gasteiger partial charge in [-0.2, -0.15) is 4.72 Å². The largest absolute Gasteiger partial charge is 0.339 e. The number of nitrogens with one attached hydrogen (secondary N) is 1. The first kappa shape index (κ1) is 19.7. The smallest absolute Gasteiger partial charge is 0.250 e. The average Bonchev–Trinajstić information content (AvgIpc) is 2.93. The summed E-state index contributed by atoms with van der Waals surface area (Å²) in [6.45, 7) is 6.79. The zero-order chi connectivity index (χ0) is 17.9. The van der Waals surface area contributed by atoms with E-state index in [1.54, 1.807) is 11.0 Å². The normalized spacial score (nSPS) is 18.1. The first-order chi connectivity index (χ1) is 11.2. The van der Waals surface area contributed by atoms with Gasteiger partial charge in [0, 0.05) is 26.2 Å². The SMILES string of the molecule is CC(C)C[C@H](NS(=O)(=O)c1ccc(Cl)s1)C(=O)N1CCN(C)CC1. The Balaban J connectivity index is 2.14. The van der Waals surface area contributed by atoms with Crippen LogP contribution in [-0.4, -0.2) is 63.4 Å². The van der Waals surface area contributed by atoms with E-state index >= 15 is 0 Å². The summed E-state index contributed by atoms with van der Waals surface area (Å²) < 4.78 is 28.2. The first-order valence-corrected chi connectivity index (χ1v) is 10.6. The monoisotopic (exact) mass is 393 g/mol. The summed E-state index contributed by atoms with van der Waals surface area (Å²) in [5.41, 5.74) is 0. The van der Waals surface area contributed by atoms with Crippen LogP contribution in [0.1, 0.15) is 20.3 Å². The molecule has 1 aliphatic rings. The third-order valence-electron chi connectivity index (χ3n) is 3.93. The van der Waals surface area contributed by atoms with Crippen molar-refractivity contribution in [1.29, 1.82) is 0 Å². The Morgan fingerprint density at radius 3 is 2.42 bits per heavy atom. The van der Waals surface area contributed by atoms with E-state index in [2.05, 4.69) is 9.62 Å². The van der Waals surface area contributed by atoms with E-state index in [-0.39, 0.29) is 16.0 Å². The number of nitrogens with zero attached hydrogens (tertiary/aromatic N) is 2. The molecule has 0 aromatic carbocycles. The number of likely N-dealkylation sites (N-methyl/N-ethyl adjacent to an activating group) is 1. The molecule has 0 spiro atoms. The fraction of sp³-hybridized carbons (Fsp3) is 0.667. The van der Waals surface area contributed by atoms with Gasteiger partial charge in [-0.15, -0.1) is 11.3 Å². The van der Waals surface area contributed by atoms with Crippen LogP contribution in [0.3, 0.4) is 0 Å². The van der Waals surface area contributed by atoms with E-state index in [0.717, 1.165) is 24.4 Å². The molecule has 1 atom stereocenters. The highest BCUT2D eigenvalue weighted by Gasteiger charge is 2.31. The standard InChI is InChI=1S/C15H24ClN3O3S2/c1-11(2)10-12(15(20)19-8-6-18(3)7-9-19)17-24(21,22)14-5-4-13(16)23-14/h4-5,11-12,17H,6-10H2,1-3H3/t12-/m0/s1. The molecule has 0 saturated carbocycles. The molecule has 1 amide bonds. The summed E-state index contributed by atoms with van der Waals surface area (Å²) in [5.74, 6) is 0.0454. The third-order valence-corrected chi connectivity index (χ3v) is 7.13. The Bertz CT molecular complexity index is 667. The number of rotatable bonds is 6. The lowest BCUT2D eigenvalue weighted by atomic mass is 10.0. The van der Waals surface area contributed by atoms with Crippen LogP contribution in [0, 0.1) is 5.92 Å². The molecular weight excluding hydrogens is 370 g/mol. The Kier molecular flexibility index (Phi) is 6.66. The molecule has 2 rings (SSSR count). The number of hydrogen-bond donors (Lipinski definition) is 1. The van der Waals surface area contributed by atoms with E-state index in [9.17, 15) is 13.2 Å². The fourth-order valence-corrected chi connectivity index (χ4v) is 5.31. The average molecular weight is 394 g/mol. The second-order valence-corrected chi connectivity index (χ2v) is 10.1. The Hall–Kier alpha value is -0.670. The summed E-state index contributed by atoms with van der Waals surface area (Å²) in [5, 5.41) is 0. The number of carbonyl (C=O) groups is 1. The number of thiophene rings is 1. The molecule has 6 nitrogen and oxygen atoms in total. The van der Waals surface area contributed by atoms with Gasteiger partial charge in [0.15, 0.2) is 0 Å². The summed E-state index contributed by atoms with van der Waals surface area (Å²) in [6.07, 6.45) is 0.462. The molecule has 24 heavy (non-hydrogen) atoms. The highest BCUT2D eigenvalue weighted by Crippen LogP contribution is 2.26. The minimum Gasteiger partial charge on any atom is -0.339 e. The molecule has 136 valence electrons. The fourth-order valence-electron chi connectivity index (χ4n) is 2.61. The van der Waals surface area contributed by atoms with Gasteiger partial charge >= 0.3 is 0 Å². The predicted octanol–water partition coefficient (Wildman–Crippen LogP) is 1.87. The van der Waals surface area contributed by atoms with Crippen molar-refractivity contribution in [3.63, 3.8) is 0 Å². The molecule has 0 radical (unpaired) electrons. The maximum Gasteiger partial charge on any atom is 0.250 e. The number of carbonyl (C=O) groups excluding carboxylic acids is 1. The molecular formula is C15H24ClN3O3S2. The Labute approximate surface area is 152 Å². The van der Waals surface area contributed by atoms with Crippen molar-refractivity contribution in [1.82, 2.24) is 14.5 Å². The molecule has 9 heteroatoms. The van der Waals surface area contributed by atoms with Gasteiger partial charge in [0.2, 0.25) is 5.91 Å². The quantitative estimate of drug-likeness (QED) is 0.801. The van der Waals surface area contributed by atoms with Gasteiger partial charge < -0.3 is 9.80 Å². The van der Waals surface area contributed by atoms with Crippen LogP contribution in [-0.2, 0) is 14.8 Å². The van der Waals surface area contributed by atoms with Crippen LogP contribution in [0.25, 0.3) is 0 Å². The van der Waals surface area contributed by atoms with Crippen LogP contribution in [0.4, 0.5) is 0 Å². The van der Waals surface area contributed by atoms with Gasteiger partial charge in [0.25, 0.3) is 10.0 Å². The van der Waals surface area contributed by atoms with Crippen molar-refractivity contribution in [2.75, 3.05) is 33.2 Å². The first-order valence-electron chi connectivity index (χ1n) is 7.94. The Morgan fingerprint density at radius 1 is 1.29 bits per heavy atom. The Morgan fingerprint density at radius 2 is 1.92 bits per heavy atom. The molecule has 1 aromatic rings. The van der Waals surface area contributed by atoms with Gasteiger partial charge in [-0.25, -0.2) is 8.42 Å². The minimum atomic E-state index is -3.75. The second-order valence-electron chi connectivity index (χ2n) is 6.49. The molecule has 2 heterocycles. The van der Waals surface area contributed by atoms with Gasteiger partial charge in [-0.05, 0) is 31.5 Å². The molecule has 1 saturated heterocycles. The summed E-state index contributed by atoms with van der Waals surface area (Å²) >= 11 is 6.82. The molecule has 0 bridgehead atoms. The highest BCUT2D eigenvalue weighted by molar-refractivity contribution is 7.91. The second kappa shape index (κ2) is 8.14. The predicted molar refractivity (Wildman–Crippen MR) is 97.0 cm³/mol. The zero-order valence-corrected chi connectivity index (χ0v) is 16.5. The number of hydrogen-bond acceptors (Lipinski definition) is 5. The lowest BCUT2D eigenvalue weighted by molar-refractivity contribution is -0.135. The number of sulfonamides is 1. The van der Waals surface area contributed by atoms with Crippen LogP contribution in [0.15, 0.2) is 16.3 Å². The van der Waals surface area contributed by atoms with Crippen molar-refractivity contribution >= 4 is 38.9 Å². The maximum atomic E-state index is 12.8. The third kappa shape index (κ3) is 5.16. The lowest BCUT2D eigenvalue weighted by Crippen LogP contribution is -2.54. The van der Waals surface area contributed by atoms with E-state index in [1.807, 2.05) is 20.9 Å². The van der Waals surface area contributed by atoms with Crippen LogP contribution in [0.5, 0.6) is 0 Å². The minimum absolute atomic E-state index is 0.132. The van der Waals surface area contributed by atoms with E-state index in [4.69, 9.17) is 11.6 Å². The molecule has 1 aliphatic heterocycles. The van der Waals surface area contributed by atoms with Gasteiger partial charge in [-0.3, -0.25) is 4.79 Å². The zero-order valence-electron chi connectivity index (χ0n) is 14.2. The van der Waals surface area contributed by atoms with E-state index in [0.29, 0.717) is 23.8 Å². The number of piperazine rings is 1. The van der Waals surface area contributed by atoms with Crippen LogP contribution >= 0.6 is 22.9 Å². The van der Waals surface area contributed by atoms with Gasteiger partial charge in [-0.1, -0.05) is 25.4 Å². The van der Waals surface area contributed by atoms with Crippen molar-refractivity contribution in [2.24, 2.45) is 5.92 Å². The summed E-state index contributed by atoms with van der Waals surface area (Å²) in [7, 11) is -1.74. The van der Waals surface area contributed by atoms with E-state index in [1.165, 1.54) is 6.07 Å². The van der Waals surface area contributed by atoms with Crippen molar-refractivity contribution < 1.29 is 13.2 Å². The highest BCUT2D eigenvalue weighted by atomic mass is 35.5. The van der Waals surface area contributed by atoms with Crippen LogP contribution in [0.2, 0.25) is 4.34 Å². The molecule has 0 unspecified atom stereocenters. The van der Waals surface area contributed by atoms with Crippen molar-refractivity contribution in [3.8, 4) is 0 Å². The summed E-state index contributed by atoms with van der Waals surface area (Å²) in [6, 6.07) is 2.25. The topological polar surface area (TPSA) is 69.7 Å². The molecule has 1 aromatic heterocycles. The molecule has 0 aliphatic carbocycles. The number of halogens is 1. The van der Waals surface area contributed by atoms with Crippen LogP contribution < -0.4 is 4.72 Å². The number of amides is 1. The van der Waals surface area contributed by atoms with Gasteiger partial charge in [0.1, 0.15) is 10.3 Å². The maximum absolute atomic E-state index is 12.8. The lowest BCUT2D eigenvalue weighted by Gasteiger charge is -2.35. The van der Waals surface area contributed by atoms with Crippen molar-refractivity contribution in [2.45, 2.75) is 30.5 Å². The summed E-state index contributed by atoms with van der Waals surface area (Å²) in [4.78, 5) is 16.7. The molecule has 1 fully saturated rings. The molecule has 1 N–H and O–H groups in total.